The highest BCUT2D eigenvalue weighted by Gasteiger charge is 2.11. The van der Waals surface area contributed by atoms with Crippen molar-refractivity contribution >= 4 is 57.0 Å². The number of amides is 2. The van der Waals surface area contributed by atoms with Gasteiger partial charge in [-0.3, -0.25) is 9.59 Å². The van der Waals surface area contributed by atoms with Gasteiger partial charge in [0.2, 0.25) is 17.0 Å². The number of thioether (sulfide) groups is 1. The van der Waals surface area contributed by atoms with E-state index in [1.807, 2.05) is 25.1 Å². The minimum atomic E-state index is -0.182. The summed E-state index contributed by atoms with van der Waals surface area (Å²) in [6.45, 7) is 3.47. The second-order valence-corrected chi connectivity index (χ2v) is 7.50. The van der Waals surface area contributed by atoms with Gasteiger partial charge >= 0.3 is 0 Å². The number of nitrogens with one attached hydrogen (secondary N) is 3. The quantitative estimate of drug-likeness (QED) is 0.437. The maximum atomic E-state index is 12.2. The summed E-state index contributed by atoms with van der Waals surface area (Å²) >= 11 is 1.21. The van der Waals surface area contributed by atoms with E-state index in [2.05, 4.69) is 30.8 Å². The molecule has 2 heterocycles. The van der Waals surface area contributed by atoms with Crippen molar-refractivity contribution in [3.63, 3.8) is 0 Å². The number of hydrogen-bond donors (Lipinski definition) is 3. The van der Waals surface area contributed by atoms with E-state index in [9.17, 15) is 9.59 Å². The minimum Gasteiger partial charge on any atom is -0.338 e. The summed E-state index contributed by atoms with van der Waals surface area (Å²) in [6.07, 6.45) is 0. The first-order chi connectivity index (χ1) is 14.0. The van der Waals surface area contributed by atoms with Crippen molar-refractivity contribution in [1.29, 1.82) is 0 Å². The molecule has 0 atom stereocenters. The Labute approximate surface area is 170 Å². The van der Waals surface area contributed by atoms with Gasteiger partial charge in [-0.25, -0.2) is 4.98 Å². The summed E-state index contributed by atoms with van der Waals surface area (Å²) in [7, 11) is 0. The van der Waals surface area contributed by atoms with Gasteiger partial charge < -0.3 is 15.6 Å². The number of rotatable bonds is 5. The highest BCUT2D eigenvalue weighted by Crippen LogP contribution is 2.24. The van der Waals surface area contributed by atoms with Crippen LogP contribution in [0.5, 0.6) is 0 Å². The molecule has 0 aliphatic heterocycles. The zero-order chi connectivity index (χ0) is 20.4. The Morgan fingerprint density at radius 3 is 2.48 bits per heavy atom. The maximum absolute atomic E-state index is 12.2. The molecular weight excluding hydrogens is 388 g/mol. The number of aromatic nitrogens is 4. The van der Waals surface area contributed by atoms with Crippen LogP contribution in [0.15, 0.2) is 47.6 Å². The van der Waals surface area contributed by atoms with Crippen molar-refractivity contribution in [2.24, 2.45) is 0 Å². The monoisotopic (exact) mass is 406 g/mol. The van der Waals surface area contributed by atoms with E-state index in [-0.39, 0.29) is 17.6 Å². The molecule has 0 saturated heterocycles. The molecule has 9 heteroatoms. The van der Waals surface area contributed by atoms with Gasteiger partial charge in [0.15, 0.2) is 5.65 Å². The van der Waals surface area contributed by atoms with Gasteiger partial charge in [0.05, 0.1) is 5.75 Å². The van der Waals surface area contributed by atoms with Crippen LogP contribution >= 0.6 is 11.8 Å². The van der Waals surface area contributed by atoms with Crippen LogP contribution in [0, 0.1) is 6.92 Å². The summed E-state index contributed by atoms with van der Waals surface area (Å²) in [4.78, 5) is 31.0. The average Bonchev–Trinajstić information content (AvgIpc) is 3.04. The highest BCUT2D eigenvalue weighted by atomic mass is 32.2. The molecule has 0 fully saturated rings. The molecule has 3 N–H and O–H groups in total. The summed E-state index contributed by atoms with van der Waals surface area (Å²) in [5.41, 5.74) is 4.78. The van der Waals surface area contributed by atoms with Crippen LogP contribution in [0.3, 0.4) is 0 Å². The number of benzene rings is 2. The van der Waals surface area contributed by atoms with E-state index in [4.69, 9.17) is 0 Å². The zero-order valence-electron chi connectivity index (χ0n) is 15.8. The van der Waals surface area contributed by atoms with Gasteiger partial charge in [-0.05, 0) is 43.3 Å². The van der Waals surface area contributed by atoms with Crippen molar-refractivity contribution < 1.29 is 9.59 Å². The van der Waals surface area contributed by atoms with E-state index < -0.39 is 0 Å². The molecule has 8 nitrogen and oxygen atoms in total. The van der Waals surface area contributed by atoms with Crippen LogP contribution in [0.25, 0.3) is 22.1 Å². The van der Waals surface area contributed by atoms with Crippen molar-refractivity contribution in [1.82, 2.24) is 20.2 Å². The fourth-order valence-electron chi connectivity index (χ4n) is 2.90. The minimum absolute atomic E-state index is 0.145. The molecule has 29 heavy (non-hydrogen) atoms. The molecule has 0 aliphatic rings. The van der Waals surface area contributed by atoms with Crippen LogP contribution in [-0.4, -0.2) is 37.7 Å². The Hall–Kier alpha value is -3.46. The Balaban J connectivity index is 1.40. The number of carbonyl (C=O) groups is 2. The van der Waals surface area contributed by atoms with E-state index in [1.54, 1.807) is 24.3 Å². The van der Waals surface area contributed by atoms with Gasteiger partial charge in [0, 0.05) is 29.2 Å². The fourth-order valence-corrected chi connectivity index (χ4v) is 3.49. The third-order valence-electron chi connectivity index (χ3n) is 4.17. The lowest BCUT2D eigenvalue weighted by atomic mass is 10.2. The predicted molar refractivity (Wildman–Crippen MR) is 114 cm³/mol. The Morgan fingerprint density at radius 2 is 1.76 bits per heavy atom. The van der Waals surface area contributed by atoms with Crippen LogP contribution in [-0.2, 0) is 9.59 Å². The number of aryl methyl sites for hydroxylation is 1. The van der Waals surface area contributed by atoms with E-state index in [0.717, 1.165) is 22.0 Å². The fraction of sp³-hybridized carbons (Fsp3) is 0.150. The molecule has 2 aromatic heterocycles. The average molecular weight is 406 g/mol. The number of fused-ring (bicyclic) bond motifs is 3. The molecule has 2 amide bonds. The molecular formula is C20H18N6O2S. The van der Waals surface area contributed by atoms with E-state index in [1.165, 1.54) is 18.7 Å². The molecule has 4 aromatic rings. The van der Waals surface area contributed by atoms with E-state index in [0.29, 0.717) is 22.2 Å². The third-order valence-corrected chi connectivity index (χ3v) is 5.01. The van der Waals surface area contributed by atoms with Gasteiger partial charge in [-0.2, -0.15) is 0 Å². The number of aromatic amines is 1. The smallest absolute Gasteiger partial charge is 0.234 e. The molecule has 0 bridgehead atoms. The lowest BCUT2D eigenvalue weighted by Crippen LogP contribution is -2.14. The normalized spacial score (nSPS) is 11.0. The number of nitrogens with zero attached hydrogens (tertiary/aromatic N) is 3. The first-order valence-electron chi connectivity index (χ1n) is 8.91. The zero-order valence-corrected chi connectivity index (χ0v) is 16.6. The molecule has 0 unspecified atom stereocenters. The Morgan fingerprint density at radius 1 is 1.03 bits per heavy atom. The molecule has 146 valence electrons. The lowest BCUT2D eigenvalue weighted by molar-refractivity contribution is -0.114. The topological polar surface area (TPSA) is 113 Å². The Bertz CT molecular complexity index is 1220. The van der Waals surface area contributed by atoms with Crippen molar-refractivity contribution in [3.8, 4) is 0 Å². The van der Waals surface area contributed by atoms with Crippen LogP contribution < -0.4 is 10.6 Å². The molecule has 0 spiro atoms. The van der Waals surface area contributed by atoms with Gasteiger partial charge in [-0.15, -0.1) is 10.2 Å². The summed E-state index contributed by atoms with van der Waals surface area (Å²) in [5.74, 6) is -0.174. The second-order valence-electron chi connectivity index (χ2n) is 6.56. The van der Waals surface area contributed by atoms with Crippen LogP contribution in [0.1, 0.15) is 12.5 Å². The number of hydrogen-bond acceptors (Lipinski definition) is 6. The third kappa shape index (κ3) is 4.35. The standard InChI is InChI=1S/C20H18N6O2S/c1-11-3-8-16-15(9-11)18-19(23-16)24-20(26-25-18)29-10-17(28)22-14-6-4-13(5-7-14)21-12(2)27/h3-9H,10H2,1-2H3,(H,21,27)(H,22,28)(H,23,24,26). The van der Waals surface area contributed by atoms with E-state index >= 15 is 0 Å². The lowest BCUT2D eigenvalue weighted by Gasteiger charge is -2.06. The molecule has 0 radical (unpaired) electrons. The van der Waals surface area contributed by atoms with Crippen molar-refractivity contribution in [3.05, 3.63) is 48.0 Å². The first-order valence-corrected chi connectivity index (χ1v) is 9.89. The van der Waals surface area contributed by atoms with Crippen molar-refractivity contribution in [2.45, 2.75) is 19.0 Å². The van der Waals surface area contributed by atoms with Gasteiger partial charge in [0.25, 0.3) is 0 Å². The first kappa shape index (κ1) is 18.9. The second kappa shape index (κ2) is 7.88. The highest BCUT2D eigenvalue weighted by molar-refractivity contribution is 7.99. The Kier molecular flexibility index (Phi) is 5.13. The summed E-state index contributed by atoms with van der Waals surface area (Å²) in [6, 6.07) is 13.0. The van der Waals surface area contributed by atoms with Crippen LogP contribution in [0.4, 0.5) is 11.4 Å². The maximum Gasteiger partial charge on any atom is 0.234 e. The predicted octanol–water partition coefficient (Wildman–Crippen LogP) is 3.50. The largest absolute Gasteiger partial charge is 0.338 e. The van der Waals surface area contributed by atoms with Gasteiger partial charge in [0.1, 0.15) is 5.52 Å². The molecule has 0 saturated carbocycles. The summed E-state index contributed by atoms with van der Waals surface area (Å²) < 4.78 is 0. The molecule has 2 aromatic carbocycles. The van der Waals surface area contributed by atoms with Crippen molar-refractivity contribution in [2.75, 3.05) is 16.4 Å². The van der Waals surface area contributed by atoms with Crippen LogP contribution in [0.2, 0.25) is 0 Å². The SMILES string of the molecule is CC(=O)Nc1ccc(NC(=O)CSc2nnc3c(n2)[nH]c2ccc(C)cc23)cc1. The number of anilines is 2. The number of H-pyrrole nitrogens is 1. The number of carbonyl (C=O) groups excluding carboxylic acids is 2. The summed E-state index contributed by atoms with van der Waals surface area (Å²) in [5, 5.41) is 15.3. The van der Waals surface area contributed by atoms with Gasteiger partial charge in [-0.1, -0.05) is 23.4 Å². The molecule has 4 rings (SSSR count). The molecule has 0 aliphatic carbocycles.